The van der Waals surface area contributed by atoms with Crippen LogP contribution >= 0.6 is 23.4 Å². The molecular formula is C23H22ClN5OS. The minimum Gasteiger partial charge on any atom is -0.325 e. The molecule has 2 aromatic heterocycles. The minimum atomic E-state index is -0.1000. The van der Waals surface area contributed by atoms with Crippen LogP contribution in [-0.2, 0) is 4.79 Å². The number of halogens is 1. The molecule has 0 atom stereocenters. The number of nitrogens with one attached hydrogen (secondary N) is 1. The molecule has 1 aliphatic rings. The highest BCUT2D eigenvalue weighted by Crippen LogP contribution is 2.35. The Bertz CT molecular complexity index is 1230. The van der Waals surface area contributed by atoms with Gasteiger partial charge in [-0.25, -0.2) is 4.98 Å². The van der Waals surface area contributed by atoms with Gasteiger partial charge in [-0.2, -0.15) is 0 Å². The van der Waals surface area contributed by atoms with Crippen molar-refractivity contribution in [3.8, 4) is 0 Å². The maximum Gasteiger partial charge on any atom is 0.234 e. The minimum absolute atomic E-state index is 0.1000. The number of nitrogens with zero attached hydrogens (tertiary/aromatic N) is 4. The van der Waals surface area contributed by atoms with Crippen molar-refractivity contribution in [3.05, 3.63) is 59.4 Å². The third-order valence-corrected chi connectivity index (χ3v) is 6.85. The molecule has 0 unspecified atom stereocenters. The zero-order valence-electron chi connectivity index (χ0n) is 16.9. The summed E-state index contributed by atoms with van der Waals surface area (Å²) >= 11 is 7.30. The van der Waals surface area contributed by atoms with Crippen molar-refractivity contribution in [2.75, 3.05) is 11.1 Å². The first-order valence-electron chi connectivity index (χ1n) is 10.5. The van der Waals surface area contributed by atoms with Crippen LogP contribution in [0, 0.1) is 0 Å². The van der Waals surface area contributed by atoms with Gasteiger partial charge in [-0.1, -0.05) is 54.8 Å². The number of anilines is 1. The number of amides is 1. The lowest BCUT2D eigenvalue weighted by atomic mass is 9.88. The van der Waals surface area contributed by atoms with E-state index in [1.807, 2.05) is 24.3 Å². The number of thioether (sulfide) groups is 1. The van der Waals surface area contributed by atoms with Crippen molar-refractivity contribution >= 4 is 51.5 Å². The highest BCUT2D eigenvalue weighted by molar-refractivity contribution is 7.99. The number of para-hydroxylation sites is 1. The van der Waals surface area contributed by atoms with Crippen LogP contribution in [0.4, 0.5) is 5.69 Å². The van der Waals surface area contributed by atoms with Crippen LogP contribution in [0.15, 0.2) is 53.7 Å². The molecule has 0 bridgehead atoms. The fraction of sp³-hybridized carbons (Fsp3) is 0.304. The number of hydrogen-bond donors (Lipinski definition) is 1. The average Bonchev–Trinajstić information content (AvgIpc) is 3.24. The van der Waals surface area contributed by atoms with Gasteiger partial charge in [0.1, 0.15) is 5.82 Å². The van der Waals surface area contributed by atoms with Gasteiger partial charge < -0.3 is 5.32 Å². The molecule has 1 fully saturated rings. The van der Waals surface area contributed by atoms with Gasteiger partial charge in [-0.05, 0) is 49.2 Å². The fourth-order valence-corrected chi connectivity index (χ4v) is 5.04. The SMILES string of the molecule is O=C(CSc1nnc2c3ccccc3nc(C3CCCCC3)n12)Nc1ccc(Cl)cc1. The summed E-state index contributed by atoms with van der Waals surface area (Å²) < 4.78 is 2.07. The predicted molar refractivity (Wildman–Crippen MR) is 125 cm³/mol. The molecule has 2 heterocycles. The quantitative estimate of drug-likeness (QED) is 0.393. The van der Waals surface area contributed by atoms with Gasteiger partial charge in [0.15, 0.2) is 10.8 Å². The van der Waals surface area contributed by atoms with E-state index >= 15 is 0 Å². The molecule has 4 aromatic rings. The number of benzene rings is 2. The van der Waals surface area contributed by atoms with E-state index in [9.17, 15) is 4.79 Å². The van der Waals surface area contributed by atoms with E-state index in [4.69, 9.17) is 16.6 Å². The summed E-state index contributed by atoms with van der Waals surface area (Å²) in [6.45, 7) is 0. The Morgan fingerprint density at radius 1 is 1.06 bits per heavy atom. The summed E-state index contributed by atoms with van der Waals surface area (Å²) in [5, 5.41) is 14.1. The van der Waals surface area contributed by atoms with Crippen LogP contribution < -0.4 is 5.32 Å². The van der Waals surface area contributed by atoms with Crippen molar-refractivity contribution in [1.82, 2.24) is 19.6 Å². The normalized spacial score (nSPS) is 14.9. The molecule has 5 rings (SSSR count). The lowest BCUT2D eigenvalue weighted by Crippen LogP contribution is -2.15. The molecule has 1 aliphatic carbocycles. The molecular weight excluding hydrogens is 430 g/mol. The maximum atomic E-state index is 12.5. The molecule has 158 valence electrons. The largest absolute Gasteiger partial charge is 0.325 e. The first-order valence-corrected chi connectivity index (χ1v) is 11.9. The van der Waals surface area contributed by atoms with Crippen molar-refractivity contribution in [1.29, 1.82) is 0 Å². The van der Waals surface area contributed by atoms with E-state index in [1.54, 1.807) is 24.3 Å². The molecule has 0 spiro atoms. The van der Waals surface area contributed by atoms with Gasteiger partial charge >= 0.3 is 0 Å². The van der Waals surface area contributed by atoms with Gasteiger partial charge in [0.2, 0.25) is 5.91 Å². The standard InChI is InChI=1S/C23H22ClN5OS/c24-16-10-12-17(13-11-16)25-20(30)14-31-23-28-27-22-18-8-4-5-9-19(18)26-21(29(22)23)15-6-2-1-3-7-15/h4-5,8-13,15H,1-3,6-7,14H2,(H,25,30). The number of rotatable bonds is 5. The van der Waals surface area contributed by atoms with Crippen LogP contribution in [0.2, 0.25) is 5.02 Å². The lowest BCUT2D eigenvalue weighted by molar-refractivity contribution is -0.113. The van der Waals surface area contributed by atoms with Crippen LogP contribution in [0.1, 0.15) is 43.8 Å². The summed E-state index contributed by atoms with van der Waals surface area (Å²) in [6.07, 6.45) is 5.96. The van der Waals surface area contributed by atoms with Gasteiger partial charge in [0.25, 0.3) is 0 Å². The van der Waals surface area contributed by atoms with Crippen LogP contribution in [-0.4, -0.2) is 31.2 Å². The van der Waals surface area contributed by atoms with E-state index < -0.39 is 0 Å². The van der Waals surface area contributed by atoms with Crippen molar-refractivity contribution in [3.63, 3.8) is 0 Å². The number of hydrogen-bond acceptors (Lipinski definition) is 5. The Balaban J connectivity index is 1.45. The summed E-state index contributed by atoms with van der Waals surface area (Å²) in [4.78, 5) is 17.5. The monoisotopic (exact) mass is 451 g/mol. The second-order valence-electron chi connectivity index (χ2n) is 7.81. The predicted octanol–water partition coefficient (Wildman–Crippen LogP) is 5.71. The van der Waals surface area contributed by atoms with Crippen LogP contribution in [0.5, 0.6) is 0 Å². The third kappa shape index (κ3) is 4.25. The Morgan fingerprint density at radius 3 is 2.65 bits per heavy atom. The summed E-state index contributed by atoms with van der Waals surface area (Å²) in [5.74, 6) is 1.54. The van der Waals surface area contributed by atoms with E-state index in [1.165, 1.54) is 31.0 Å². The van der Waals surface area contributed by atoms with E-state index in [0.29, 0.717) is 16.1 Å². The van der Waals surface area contributed by atoms with Gasteiger partial charge in [0.05, 0.1) is 11.3 Å². The number of aromatic nitrogens is 4. The highest BCUT2D eigenvalue weighted by Gasteiger charge is 2.24. The zero-order chi connectivity index (χ0) is 21.2. The summed E-state index contributed by atoms with van der Waals surface area (Å²) in [5.41, 5.74) is 2.48. The van der Waals surface area contributed by atoms with E-state index in [0.717, 1.165) is 40.9 Å². The molecule has 0 aliphatic heterocycles. The summed E-state index contributed by atoms with van der Waals surface area (Å²) in [6, 6.07) is 15.1. The number of fused-ring (bicyclic) bond motifs is 3. The second-order valence-corrected chi connectivity index (χ2v) is 9.19. The number of carbonyl (C=O) groups is 1. The lowest BCUT2D eigenvalue weighted by Gasteiger charge is -2.22. The molecule has 6 nitrogen and oxygen atoms in total. The molecule has 1 N–H and O–H groups in total. The Morgan fingerprint density at radius 2 is 1.84 bits per heavy atom. The zero-order valence-corrected chi connectivity index (χ0v) is 18.5. The first-order chi connectivity index (χ1) is 15.2. The van der Waals surface area contributed by atoms with Gasteiger partial charge in [-0.15, -0.1) is 10.2 Å². The molecule has 0 radical (unpaired) electrons. The maximum absolute atomic E-state index is 12.5. The van der Waals surface area contributed by atoms with E-state index in [2.05, 4.69) is 19.9 Å². The van der Waals surface area contributed by atoms with Crippen molar-refractivity contribution in [2.24, 2.45) is 0 Å². The van der Waals surface area contributed by atoms with Crippen LogP contribution in [0.3, 0.4) is 0 Å². The van der Waals surface area contributed by atoms with Crippen molar-refractivity contribution < 1.29 is 4.79 Å². The molecule has 1 amide bonds. The van der Waals surface area contributed by atoms with Gasteiger partial charge in [0, 0.05) is 22.0 Å². The average molecular weight is 452 g/mol. The molecule has 8 heteroatoms. The number of carbonyl (C=O) groups excluding carboxylic acids is 1. The van der Waals surface area contributed by atoms with Gasteiger partial charge in [-0.3, -0.25) is 9.20 Å². The highest BCUT2D eigenvalue weighted by atomic mass is 35.5. The Hall–Kier alpha value is -2.64. The van der Waals surface area contributed by atoms with Crippen LogP contribution in [0.25, 0.3) is 16.6 Å². The molecule has 2 aromatic carbocycles. The molecule has 1 saturated carbocycles. The second kappa shape index (κ2) is 8.85. The smallest absolute Gasteiger partial charge is 0.234 e. The van der Waals surface area contributed by atoms with E-state index in [-0.39, 0.29) is 11.7 Å². The third-order valence-electron chi connectivity index (χ3n) is 5.67. The topological polar surface area (TPSA) is 72.2 Å². The fourth-order valence-electron chi connectivity index (χ4n) is 4.17. The summed E-state index contributed by atoms with van der Waals surface area (Å²) in [7, 11) is 0. The molecule has 0 saturated heterocycles. The van der Waals surface area contributed by atoms with Crippen molar-refractivity contribution in [2.45, 2.75) is 43.2 Å². The Labute approximate surface area is 189 Å². The molecule has 31 heavy (non-hydrogen) atoms. The Kier molecular flexibility index (Phi) is 5.78. The first kappa shape index (κ1) is 20.3.